The van der Waals surface area contributed by atoms with Crippen LogP contribution in [0.25, 0.3) is 0 Å². The Balaban J connectivity index is 2.10. The van der Waals surface area contributed by atoms with E-state index in [0.29, 0.717) is 18.5 Å². The van der Waals surface area contributed by atoms with Crippen LogP contribution in [0, 0.1) is 11.8 Å². The van der Waals surface area contributed by atoms with Crippen molar-refractivity contribution in [3.05, 3.63) is 0 Å². The van der Waals surface area contributed by atoms with Crippen molar-refractivity contribution < 1.29 is 9.53 Å². The highest BCUT2D eigenvalue weighted by Crippen LogP contribution is 2.20. The quantitative estimate of drug-likeness (QED) is 0.767. The third kappa shape index (κ3) is 4.36. The van der Waals surface area contributed by atoms with Gasteiger partial charge < -0.3 is 14.5 Å². The van der Waals surface area contributed by atoms with Gasteiger partial charge in [-0.1, -0.05) is 13.8 Å². The number of methoxy groups -OCH3 is 1. The van der Waals surface area contributed by atoms with Crippen LogP contribution in [0.5, 0.6) is 0 Å². The van der Waals surface area contributed by atoms with Gasteiger partial charge in [0.25, 0.3) is 5.91 Å². The molecule has 2 aliphatic heterocycles. The second kappa shape index (κ2) is 7.83. The first-order valence-corrected chi connectivity index (χ1v) is 8.13. The molecule has 0 aromatic rings. The number of guanidine groups is 1. The Morgan fingerprint density at radius 1 is 1.23 bits per heavy atom. The smallest absolute Gasteiger partial charge is 0.257 e. The molecule has 6 heteroatoms. The van der Waals surface area contributed by atoms with E-state index in [-0.39, 0.29) is 11.8 Å². The molecule has 1 unspecified atom stereocenters. The number of carbonyl (C=O) groups excluding carboxylic acids is 1. The number of hydrogen-bond acceptors (Lipinski definition) is 5. The van der Waals surface area contributed by atoms with E-state index >= 15 is 0 Å². The van der Waals surface area contributed by atoms with Gasteiger partial charge in [-0.3, -0.25) is 4.79 Å². The predicted octanol–water partition coefficient (Wildman–Crippen LogP) is 1.27. The number of rotatable bonds is 5. The van der Waals surface area contributed by atoms with E-state index in [1.54, 1.807) is 7.11 Å². The summed E-state index contributed by atoms with van der Waals surface area (Å²) in [6.45, 7) is 8.41. The molecule has 0 aromatic heterocycles. The van der Waals surface area contributed by atoms with Crippen LogP contribution in [-0.4, -0.2) is 74.3 Å². The van der Waals surface area contributed by atoms with Gasteiger partial charge in [0.2, 0.25) is 5.96 Å². The van der Waals surface area contributed by atoms with E-state index in [9.17, 15) is 4.79 Å². The SMILES string of the molecule is COCC1=NC(N2CCN(C)CC2)=NC(=O)C1CCC(C)C. The number of aliphatic imine (C=N–C) groups is 2. The fourth-order valence-electron chi connectivity index (χ4n) is 2.77. The standard InChI is InChI=1S/C16H28N4O2/c1-12(2)5-6-13-14(11-22-4)17-16(18-15(13)21)20-9-7-19(3)8-10-20/h12-13H,5-11H2,1-4H3. The average molecular weight is 308 g/mol. The third-order valence-corrected chi connectivity index (χ3v) is 4.27. The van der Waals surface area contributed by atoms with E-state index in [0.717, 1.165) is 44.7 Å². The lowest BCUT2D eigenvalue weighted by atomic mass is 9.92. The van der Waals surface area contributed by atoms with Crippen LogP contribution in [0.2, 0.25) is 0 Å². The van der Waals surface area contributed by atoms with Crippen molar-refractivity contribution in [2.45, 2.75) is 26.7 Å². The lowest BCUT2D eigenvalue weighted by molar-refractivity contribution is -0.120. The second-order valence-electron chi connectivity index (χ2n) is 6.60. The molecule has 0 N–H and O–H groups in total. The molecule has 0 saturated carbocycles. The van der Waals surface area contributed by atoms with Crippen molar-refractivity contribution in [3.63, 3.8) is 0 Å². The molecule has 2 heterocycles. The average Bonchev–Trinajstić information content (AvgIpc) is 2.47. The maximum absolute atomic E-state index is 12.4. The van der Waals surface area contributed by atoms with E-state index < -0.39 is 0 Å². The Bertz CT molecular complexity index is 451. The van der Waals surface area contributed by atoms with Gasteiger partial charge in [0.1, 0.15) is 0 Å². The summed E-state index contributed by atoms with van der Waals surface area (Å²) in [4.78, 5) is 25.7. The number of nitrogens with zero attached hydrogens (tertiary/aromatic N) is 4. The molecule has 1 atom stereocenters. The minimum atomic E-state index is -0.210. The van der Waals surface area contributed by atoms with Gasteiger partial charge in [0.05, 0.1) is 18.2 Å². The van der Waals surface area contributed by atoms with Gasteiger partial charge in [-0.15, -0.1) is 0 Å². The monoisotopic (exact) mass is 308 g/mol. The van der Waals surface area contributed by atoms with Gasteiger partial charge in [-0.05, 0) is 25.8 Å². The molecule has 0 radical (unpaired) electrons. The van der Waals surface area contributed by atoms with Crippen LogP contribution >= 0.6 is 0 Å². The highest BCUT2D eigenvalue weighted by molar-refractivity contribution is 6.15. The molecule has 0 aliphatic carbocycles. The summed E-state index contributed by atoms with van der Waals surface area (Å²) in [6.07, 6.45) is 1.80. The van der Waals surface area contributed by atoms with Crippen molar-refractivity contribution >= 4 is 17.6 Å². The normalized spacial score (nSPS) is 23.8. The van der Waals surface area contributed by atoms with Crippen LogP contribution in [-0.2, 0) is 9.53 Å². The first-order valence-electron chi connectivity index (χ1n) is 8.13. The van der Waals surface area contributed by atoms with Crippen molar-refractivity contribution in [1.29, 1.82) is 0 Å². The first-order chi connectivity index (χ1) is 10.5. The molecule has 1 amide bonds. The zero-order chi connectivity index (χ0) is 16.1. The zero-order valence-electron chi connectivity index (χ0n) is 14.2. The van der Waals surface area contributed by atoms with E-state index in [1.165, 1.54) is 0 Å². The fraction of sp³-hybridized carbons (Fsp3) is 0.812. The minimum Gasteiger partial charge on any atom is -0.379 e. The van der Waals surface area contributed by atoms with Gasteiger partial charge in [-0.2, -0.15) is 4.99 Å². The van der Waals surface area contributed by atoms with Gasteiger partial charge >= 0.3 is 0 Å². The Hall–Kier alpha value is -1.27. The Kier molecular flexibility index (Phi) is 6.08. The Morgan fingerprint density at radius 3 is 2.50 bits per heavy atom. The van der Waals surface area contributed by atoms with Crippen molar-refractivity contribution in [2.75, 3.05) is 46.9 Å². The first kappa shape index (κ1) is 17.1. The van der Waals surface area contributed by atoms with Crippen molar-refractivity contribution in [3.8, 4) is 0 Å². The van der Waals surface area contributed by atoms with Crippen LogP contribution in [0.15, 0.2) is 9.98 Å². The molecule has 1 fully saturated rings. The van der Waals surface area contributed by atoms with Crippen LogP contribution in [0.3, 0.4) is 0 Å². The van der Waals surface area contributed by atoms with Gasteiger partial charge in [0.15, 0.2) is 0 Å². The van der Waals surface area contributed by atoms with Crippen LogP contribution < -0.4 is 0 Å². The number of ether oxygens (including phenoxy) is 1. The molecule has 22 heavy (non-hydrogen) atoms. The number of hydrogen-bond donors (Lipinski definition) is 0. The van der Waals surface area contributed by atoms with Crippen LogP contribution in [0.4, 0.5) is 0 Å². The van der Waals surface area contributed by atoms with Crippen molar-refractivity contribution in [2.24, 2.45) is 21.8 Å². The Labute approximate surface area is 133 Å². The summed E-state index contributed by atoms with van der Waals surface area (Å²) in [7, 11) is 3.75. The largest absolute Gasteiger partial charge is 0.379 e. The maximum atomic E-state index is 12.4. The lowest BCUT2D eigenvalue weighted by Crippen LogP contribution is -2.48. The Morgan fingerprint density at radius 2 is 1.91 bits per heavy atom. The number of amides is 1. The fourth-order valence-corrected chi connectivity index (χ4v) is 2.77. The summed E-state index contributed by atoms with van der Waals surface area (Å²) in [5.41, 5.74) is 0.831. The number of carbonyl (C=O) groups is 1. The van der Waals surface area contributed by atoms with Gasteiger partial charge in [0, 0.05) is 33.3 Å². The predicted molar refractivity (Wildman–Crippen MR) is 88.4 cm³/mol. The molecule has 124 valence electrons. The molecular weight excluding hydrogens is 280 g/mol. The molecule has 6 nitrogen and oxygen atoms in total. The van der Waals surface area contributed by atoms with Crippen molar-refractivity contribution in [1.82, 2.24) is 9.80 Å². The van der Waals surface area contributed by atoms with E-state index in [2.05, 4.69) is 40.7 Å². The lowest BCUT2D eigenvalue weighted by Gasteiger charge is -2.34. The maximum Gasteiger partial charge on any atom is 0.257 e. The summed E-state index contributed by atoms with van der Waals surface area (Å²) in [6, 6.07) is 0. The highest BCUT2D eigenvalue weighted by atomic mass is 16.5. The summed E-state index contributed by atoms with van der Waals surface area (Å²) in [5, 5.41) is 0. The molecule has 0 bridgehead atoms. The molecule has 0 spiro atoms. The summed E-state index contributed by atoms with van der Waals surface area (Å²) < 4.78 is 5.25. The molecule has 0 aromatic carbocycles. The molecule has 2 aliphatic rings. The third-order valence-electron chi connectivity index (χ3n) is 4.27. The molecule has 2 rings (SSSR count). The topological polar surface area (TPSA) is 57.5 Å². The van der Waals surface area contributed by atoms with E-state index in [4.69, 9.17) is 4.74 Å². The van der Waals surface area contributed by atoms with E-state index in [1.807, 2.05) is 0 Å². The van der Waals surface area contributed by atoms with Crippen LogP contribution in [0.1, 0.15) is 26.7 Å². The zero-order valence-corrected chi connectivity index (χ0v) is 14.2. The number of piperazine rings is 1. The molecular formula is C16H28N4O2. The minimum absolute atomic E-state index is 0.0587. The number of likely N-dealkylation sites (N-methyl/N-ethyl adjacent to an activating group) is 1. The summed E-state index contributed by atoms with van der Waals surface area (Å²) in [5.74, 6) is 0.876. The highest BCUT2D eigenvalue weighted by Gasteiger charge is 2.31. The van der Waals surface area contributed by atoms with Gasteiger partial charge in [-0.25, -0.2) is 4.99 Å². The second-order valence-corrected chi connectivity index (χ2v) is 6.60. The summed E-state index contributed by atoms with van der Waals surface area (Å²) >= 11 is 0. The molecule has 1 saturated heterocycles.